The minimum Gasteiger partial charge on any atom is -0.313 e. The van der Waals surface area contributed by atoms with Gasteiger partial charge in [-0.2, -0.15) is 4.99 Å². The highest BCUT2D eigenvalue weighted by Crippen LogP contribution is 2.30. The summed E-state index contributed by atoms with van der Waals surface area (Å²) in [6.45, 7) is 3.70. The highest BCUT2D eigenvalue weighted by atomic mass is 16.2. The van der Waals surface area contributed by atoms with Crippen molar-refractivity contribution in [3.8, 4) is 0 Å². The predicted molar refractivity (Wildman–Crippen MR) is 61.3 cm³/mol. The van der Waals surface area contributed by atoms with Crippen LogP contribution in [0.25, 0.3) is 0 Å². The van der Waals surface area contributed by atoms with E-state index in [0.29, 0.717) is 6.42 Å². The molecule has 2 aliphatic heterocycles. The molecule has 5 heteroatoms. The van der Waals surface area contributed by atoms with Crippen LogP contribution >= 0.6 is 0 Å². The Morgan fingerprint density at radius 2 is 2.00 bits per heavy atom. The van der Waals surface area contributed by atoms with Crippen LogP contribution in [0.1, 0.15) is 33.1 Å². The van der Waals surface area contributed by atoms with E-state index < -0.39 is 17.8 Å². The molecule has 92 valence electrons. The Morgan fingerprint density at radius 1 is 1.29 bits per heavy atom. The molecular formula is C12H16N2O3. The maximum absolute atomic E-state index is 12.2. The van der Waals surface area contributed by atoms with Crippen LogP contribution in [0.2, 0.25) is 0 Å². The molecule has 17 heavy (non-hydrogen) atoms. The normalized spacial score (nSPS) is 32.2. The molecular weight excluding hydrogens is 220 g/mol. The van der Waals surface area contributed by atoms with Gasteiger partial charge in [-0.3, -0.25) is 14.4 Å². The fourth-order valence-corrected chi connectivity index (χ4v) is 2.40. The molecule has 1 saturated heterocycles. The number of aliphatic imine (C=N–C) groups is 1. The molecule has 2 heterocycles. The number of carbonyl (C=O) groups is 3. The number of piperidine rings is 1. The van der Waals surface area contributed by atoms with E-state index in [2.05, 4.69) is 10.3 Å². The van der Waals surface area contributed by atoms with Crippen LogP contribution in [-0.2, 0) is 14.4 Å². The molecule has 0 bridgehead atoms. The molecule has 0 spiro atoms. The van der Waals surface area contributed by atoms with E-state index in [-0.39, 0.29) is 23.4 Å². The van der Waals surface area contributed by atoms with Crippen LogP contribution in [0.4, 0.5) is 0 Å². The van der Waals surface area contributed by atoms with Gasteiger partial charge in [0.2, 0.25) is 5.91 Å². The summed E-state index contributed by atoms with van der Waals surface area (Å²) in [5, 5.41) is 2.60. The molecule has 3 atom stereocenters. The molecule has 2 rings (SSSR count). The highest BCUT2D eigenvalue weighted by Gasteiger charge is 2.48. The topological polar surface area (TPSA) is 75.6 Å². The van der Waals surface area contributed by atoms with Gasteiger partial charge in [0.05, 0.1) is 17.8 Å². The number of Topliss-reactive ketones (excluding diaryl/α,β-unsaturated/α-hetero) is 1. The number of nitrogens with one attached hydrogen (secondary N) is 1. The SMILES string of the molecule is CCCC[C@H]1C(=O)NC2=NC(=O)[C@H](C)[C@H]2C1=O. The quantitative estimate of drug-likeness (QED) is 0.732. The van der Waals surface area contributed by atoms with Crippen LogP contribution in [-0.4, -0.2) is 23.4 Å². The Bertz CT molecular complexity index is 414. The van der Waals surface area contributed by atoms with Gasteiger partial charge in [0, 0.05) is 0 Å². The molecule has 1 fully saturated rings. The van der Waals surface area contributed by atoms with Crippen LogP contribution in [0, 0.1) is 17.8 Å². The molecule has 0 unspecified atom stereocenters. The first-order valence-corrected chi connectivity index (χ1v) is 6.03. The second-order valence-corrected chi connectivity index (χ2v) is 4.69. The number of ketones is 1. The van der Waals surface area contributed by atoms with E-state index in [0.717, 1.165) is 12.8 Å². The van der Waals surface area contributed by atoms with E-state index in [1.165, 1.54) is 0 Å². The number of fused-ring (bicyclic) bond motifs is 1. The monoisotopic (exact) mass is 236 g/mol. The summed E-state index contributed by atoms with van der Waals surface area (Å²) in [6, 6.07) is 0. The largest absolute Gasteiger partial charge is 0.313 e. The van der Waals surface area contributed by atoms with E-state index >= 15 is 0 Å². The maximum atomic E-state index is 12.2. The van der Waals surface area contributed by atoms with Crippen molar-refractivity contribution in [2.75, 3.05) is 0 Å². The van der Waals surface area contributed by atoms with Crippen molar-refractivity contribution in [1.82, 2.24) is 5.32 Å². The van der Waals surface area contributed by atoms with Crippen LogP contribution in [0.3, 0.4) is 0 Å². The third-order valence-corrected chi connectivity index (χ3v) is 3.48. The van der Waals surface area contributed by atoms with Crippen molar-refractivity contribution in [3.05, 3.63) is 0 Å². The van der Waals surface area contributed by atoms with Gasteiger partial charge in [-0.25, -0.2) is 0 Å². The lowest BCUT2D eigenvalue weighted by Crippen LogP contribution is -2.52. The third kappa shape index (κ3) is 1.90. The number of hydrogen-bond donors (Lipinski definition) is 1. The van der Waals surface area contributed by atoms with Gasteiger partial charge >= 0.3 is 0 Å². The molecule has 0 aromatic rings. The molecule has 1 N–H and O–H groups in total. The van der Waals surface area contributed by atoms with Crippen molar-refractivity contribution < 1.29 is 14.4 Å². The number of amidine groups is 1. The molecule has 0 saturated carbocycles. The summed E-state index contributed by atoms with van der Waals surface area (Å²) in [4.78, 5) is 39.1. The third-order valence-electron chi connectivity index (χ3n) is 3.48. The average molecular weight is 236 g/mol. The molecule has 2 aliphatic rings. The summed E-state index contributed by atoms with van der Waals surface area (Å²) >= 11 is 0. The van der Waals surface area contributed by atoms with Crippen molar-refractivity contribution in [2.24, 2.45) is 22.7 Å². The Labute approximate surface area is 99.7 Å². The zero-order valence-electron chi connectivity index (χ0n) is 10.0. The lowest BCUT2D eigenvalue weighted by atomic mass is 9.79. The Morgan fingerprint density at radius 3 is 2.65 bits per heavy atom. The van der Waals surface area contributed by atoms with E-state index in [4.69, 9.17) is 0 Å². The fraction of sp³-hybridized carbons (Fsp3) is 0.667. The fourth-order valence-electron chi connectivity index (χ4n) is 2.40. The predicted octanol–water partition coefficient (Wildman–Crippen LogP) is 0.683. The first-order valence-electron chi connectivity index (χ1n) is 6.03. The number of rotatable bonds is 3. The highest BCUT2D eigenvalue weighted by molar-refractivity contribution is 6.26. The van der Waals surface area contributed by atoms with Crippen molar-refractivity contribution in [2.45, 2.75) is 33.1 Å². The average Bonchev–Trinajstić information content (AvgIpc) is 2.54. The lowest BCUT2D eigenvalue weighted by molar-refractivity contribution is -0.138. The van der Waals surface area contributed by atoms with E-state index in [1.54, 1.807) is 6.92 Å². The first kappa shape index (κ1) is 12.0. The lowest BCUT2D eigenvalue weighted by Gasteiger charge is -2.27. The molecule has 0 aromatic heterocycles. The summed E-state index contributed by atoms with van der Waals surface area (Å²) in [6.07, 6.45) is 2.34. The number of carbonyl (C=O) groups excluding carboxylic acids is 3. The zero-order valence-corrected chi connectivity index (χ0v) is 10.0. The van der Waals surface area contributed by atoms with Crippen LogP contribution in [0.5, 0.6) is 0 Å². The van der Waals surface area contributed by atoms with Crippen LogP contribution in [0.15, 0.2) is 4.99 Å². The maximum Gasteiger partial charge on any atom is 0.251 e. The van der Waals surface area contributed by atoms with Gasteiger partial charge < -0.3 is 5.32 Å². The number of nitrogens with zero attached hydrogens (tertiary/aromatic N) is 1. The van der Waals surface area contributed by atoms with Gasteiger partial charge in [0.25, 0.3) is 5.91 Å². The summed E-state index contributed by atoms with van der Waals surface area (Å²) in [5.74, 6) is -2.06. The van der Waals surface area contributed by atoms with Crippen molar-refractivity contribution >= 4 is 23.4 Å². The van der Waals surface area contributed by atoms with Crippen LogP contribution < -0.4 is 5.32 Å². The summed E-state index contributed by atoms with van der Waals surface area (Å²) < 4.78 is 0. The smallest absolute Gasteiger partial charge is 0.251 e. The van der Waals surface area contributed by atoms with Gasteiger partial charge in [-0.15, -0.1) is 0 Å². The standard InChI is InChI=1S/C12H16N2O3/c1-3-4-5-7-9(15)8-6(2)11(16)13-10(8)14-12(7)17/h6-8H,3-5H2,1-2H3,(H,13,14,16,17)/t6-,7-,8+/m1/s1. The number of unbranched alkanes of at least 4 members (excludes halogenated alkanes) is 1. The van der Waals surface area contributed by atoms with E-state index in [9.17, 15) is 14.4 Å². The summed E-state index contributed by atoms with van der Waals surface area (Å²) in [5.41, 5.74) is 0. The molecule has 0 radical (unpaired) electrons. The Balaban J connectivity index is 2.21. The van der Waals surface area contributed by atoms with Gasteiger partial charge in [0.1, 0.15) is 5.84 Å². The second kappa shape index (κ2) is 4.39. The van der Waals surface area contributed by atoms with Gasteiger partial charge in [-0.05, 0) is 6.42 Å². The summed E-state index contributed by atoms with van der Waals surface area (Å²) in [7, 11) is 0. The van der Waals surface area contributed by atoms with Crippen molar-refractivity contribution in [1.29, 1.82) is 0 Å². The second-order valence-electron chi connectivity index (χ2n) is 4.69. The van der Waals surface area contributed by atoms with E-state index in [1.807, 2.05) is 6.92 Å². The molecule has 0 aromatic carbocycles. The van der Waals surface area contributed by atoms with Crippen molar-refractivity contribution in [3.63, 3.8) is 0 Å². The number of hydrogen-bond acceptors (Lipinski definition) is 3. The van der Waals surface area contributed by atoms with Gasteiger partial charge in [0.15, 0.2) is 5.78 Å². The van der Waals surface area contributed by atoms with Gasteiger partial charge in [-0.1, -0.05) is 26.7 Å². The minimum absolute atomic E-state index is 0.140. The Kier molecular flexibility index (Phi) is 3.09. The Hall–Kier alpha value is -1.52. The number of amides is 2. The molecule has 2 amide bonds. The molecule has 0 aliphatic carbocycles. The molecule has 5 nitrogen and oxygen atoms in total. The minimum atomic E-state index is -0.604. The zero-order chi connectivity index (χ0) is 12.6. The first-order chi connectivity index (χ1) is 8.06.